The second kappa shape index (κ2) is 6.65. The molecule has 0 spiro atoms. The van der Waals surface area contributed by atoms with Crippen LogP contribution < -0.4 is 4.72 Å². The molecule has 0 aromatic heterocycles. The lowest BCUT2D eigenvalue weighted by Gasteiger charge is -2.17. The van der Waals surface area contributed by atoms with Crippen LogP contribution in [-0.2, 0) is 21.5 Å². The molecule has 0 bridgehead atoms. The Morgan fingerprint density at radius 3 is 2.58 bits per heavy atom. The fraction of sp³-hybridized carbons (Fsp3) is 0.417. The number of carboxylic acids is 1. The minimum atomic E-state index is -3.65. The SMILES string of the molecule is Cc1ccccc1CNS(=O)(=O)N(C)CCC(=O)O. The molecule has 0 atom stereocenters. The van der Waals surface area contributed by atoms with E-state index < -0.39 is 16.2 Å². The minimum absolute atomic E-state index is 0.0571. The fourth-order valence-electron chi connectivity index (χ4n) is 1.46. The zero-order valence-corrected chi connectivity index (χ0v) is 11.8. The zero-order valence-electron chi connectivity index (χ0n) is 11.0. The Balaban J connectivity index is 2.60. The van der Waals surface area contributed by atoms with Gasteiger partial charge in [-0.25, -0.2) is 0 Å². The molecule has 0 aliphatic carbocycles. The van der Waals surface area contributed by atoms with Crippen LogP contribution in [-0.4, -0.2) is 37.4 Å². The van der Waals surface area contributed by atoms with Gasteiger partial charge in [0.25, 0.3) is 10.2 Å². The third-order valence-electron chi connectivity index (χ3n) is 2.76. The van der Waals surface area contributed by atoms with E-state index in [4.69, 9.17) is 5.11 Å². The van der Waals surface area contributed by atoms with E-state index in [-0.39, 0.29) is 19.5 Å². The van der Waals surface area contributed by atoms with E-state index in [0.29, 0.717) is 0 Å². The van der Waals surface area contributed by atoms with Gasteiger partial charge in [-0.1, -0.05) is 24.3 Å². The molecule has 1 rings (SSSR count). The predicted octanol–water partition coefficient (Wildman–Crippen LogP) is 0.736. The molecule has 0 fully saturated rings. The van der Waals surface area contributed by atoms with Crippen LogP contribution in [0, 0.1) is 6.92 Å². The van der Waals surface area contributed by atoms with Crippen molar-refractivity contribution in [1.82, 2.24) is 9.03 Å². The highest BCUT2D eigenvalue weighted by Crippen LogP contribution is 2.07. The summed E-state index contributed by atoms with van der Waals surface area (Å²) in [6.07, 6.45) is -0.220. The molecule has 0 aliphatic heterocycles. The monoisotopic (exact) mass is 286 g/mol. The van der Waals surface area contributed by atoms with E-state index >= 15 is 0 Å². The maximum atomic E-state index is 11.8. The summed E-state index contributed by atoms with van der Waals surface area (Å²) in [5.41, 5.74) is 1.89. The van der Waals surface area contributed by atoms with Crippen molar-refractivity contribution in [2.24, 2.45) is 0 Å². The Kier molecular flexibility index (Phi) is 5.46. The van der Waals surface area contributed by atoms with Crippen LogP contribution in [0.1, 0.15) is 17.5 Å². The second-order valence-corrected chi connectivity index (χ2v) is 6.08. The first kappa shape index (κ1) is 15.6. The van der Waals surface area contributed by atoms with E-state index in [1.54, 1.807) is 0 Å². The third kappa shape index (κ3) is 4.98. The molecule has 0 unspecified atom stereocenters. The van der Waals surface area contributed by atoms with Crippen molar-refractivity contribution >= 4 is 16.2 Å². The summed E-state index contributed by atoms with van der Waals surface area (Å²) in [6, 6.07) is 7.46. The molecule has 0 aliphatic rings. The van der Waals surface area contributed by atoms with E-state index in [9.17, 15) is 13.2 Å². The van der Waals surface area contributed by atoms with Crippen molar-refractivity contribution in [2.75, 3.05) is 13.6 Å². The van der Waals surface area contributed by atoms with Gasteiger partial charge in [0, 0.05) is 20.1 Å². The fourth-order valence-corrected chi connectivity index (χ4v) is 2.35. The molecule has 106 valence electrons. The summed E-state index contributed by atoms with van der Waals surface area (Å²) in [5.74, 6) is -1.03. The molecule has 0 saturated heterocycles. The maximum Gasteiger partial charge on any atom is 0.304 e. The van der Waals surface area contributed by atoms with Crippen LogP contribution in [0.5, 0.6) is 0 Å². The molecule has 7 heteroatoms. The van der Waals surface area contributed by atoms with Gasteiger partial charge >= 0.3 is 5.97 Å². The molecule has 0 radical (unpaired) electrons. The van der Waals surface area contributed by atoms with Crippen LogP contribution in [0.25, 0.3) is 0 Å². The van der Waals surface area contributed by atoms with E-state index in [1.807, 2.05) is 31.2 Å². The van der Waals surface area contributed by atoms with Crippen molar-refractivity contribution in [3.8, 4) is 0 Å². The number of hydrogen-bond acceptors (Lipinski definition) is 3. The summed E-state index contributed by atoms with van der Waals surface area (Å²) >= 11 is 0. The lowest BCUT2D eigenvalue weighted by molar-refractivity contribution is -0.137. The number of nitrogens with one attached hydrogen (secondary N) is 1. The number of benzene rings is 1. The largest absolute Gasteiger partial charge is 0.481 e. The van der Waals surface area contributed by atoms with Gasteiger partial charge in [-0.15, -0.1) is 0 Å². The number of carbonyl (C=O) groups is 1. The van der Waals surface area contributed by atoms with Crippen LogP contribution in [0.4, 0.5) is 0 Å². The lowest BCUT2D eigenvalue weighted by Crippen LogP contribution is -2.38. The second-order valence-electron chi connectivity index (χ2n) is 4.22. The van der Waals surface area contributed by atoms with Crippen molar-refractivity contribution in [1.29, 1.82) is 0 Å². The first-order chi connectivity index (χ1) is 8.83. The molecule has 1 aromatic rings. The van der Waals surface area contributed by atoms with E-state index in [0.717, 1.165) is 15.4 Å². The smallest absolute Gasteiger partial charge is 0.304 e. The molecular formula is C12H18N2O4S. The van der Waals surface area contributed by atoms with E-state index in [1.165, 1.54) is 7.05 Å². The van der Waals surface area contributed by atoms with Crippen molar-refractivity contribution < 1.29 is 18.3 Å². The number of aliphatic carboxylic acids is 1. The standard InChI is InChI=1S/C12H18N2O4S/c1-10-5-3-4-6-11(10)9-13-19(17,18)14(2)8-7-12(15)16/h3-6,13H,7-9H2,1-2H3,(H,15,16). The molecule has 0 amide bonds. The normalized spacial score (nSPS) is 11.7. The van der Waals surface area contributed by atoms with Gasteiger partial charge in [-0.3, -0.25) is 4.79 Å². The number of carboxylic acid groups (broad SMARTS) is 1. The van der Waals surface area contributed by atoms with Crippen LogP contribution in [0.15, 0.2) is 24.3 Å². The van der Waals surface area contributed by atoms with Gasteiger partial charge in [0.2, 0.25) is 0 Å². The van der Waals surface area contributed by atoms with Crippen molar-refractivity contribution in [3.63, 3.8) is 0 Å². The van der Waals surface area contributed by atoms with Gasteiger partial charge in [0.1, 0.15) is 0 Å². The highest BCUT2D eigenvalue weighted by molar-refractivity contribution is 7.87. The number of aryl methyl sites for hydroxylation is 1. The molecule has 1 aromatic carbocycles. The lowest BCUT2D eigenvalue weighted by atomic mass is 10.1. The Hall–Kier alpha value is -1.44. The summed E-state index contributed by atoms with van der Waals surface area (Å²) < 4.78 is 27.1. The average molecular weight is 286 g/mol. The summed E-state index contributed by atoms with van der Waals surface area (Å²) in [4.78, 5) is 10.4. The summed E-state index contributed by atoms with van der Waals surface area (Å²) in [5, 5.41) is 8.53. The van der Waals surface area contributed by atoms with Crippen LogP contribution in [0.3, 0.4) is 0 Å². The average Bonchev–Trinajstić information content (AvgIpc) is 2.34. The van der Waals surface area contributed by atoms with Gasteiger partial charge in [-0.2, -0.15) is 17.4 Å². The third-order valence-corrected chi connectivity index (χ3v) is 4.27. The highest BCUT2D eigenvalue weighted by atomic mass is 32.2. The van der Waals surface area contributed by atoms with Gasteiger partial charge in [0.05, 0.1) is 6.42 Å². The van der Waals surface area contributed by atoms with Gasteiger partial charge in [-0.05, 0) is 18.1 Å². The Bertz CT molecular complexity index is 542. The molecule has 0 heterocycles. The predicted molar refractivity (Wildman–Crippen MR) is 71.8 cm³/mol. The van der Waals surface area contributed by atoms with Crippen LogP contribution in [0.2, 0.25) is 0 Å². The molecule has 6 nitrogen and oxygen atoms in total. The van der Waals surface area contributed by atoms with Crippen molar-refractivity contribution in [3.05, 3.63) is 35.4 Å². The van der Waals surface area contributed by atoms with Gasteiger partial charge in [0.15, 0.2) is 0 Å². The number of hydrogen-bond donors (Lipinski definition) is 2. The highest BCUT2D eigenvalue weighted by Gasteiger charge is 2.17. The zero-order chi connectivity index (χ0) is 14.5. The Morgan fingerprint density at radius 1 is 1.37 bits per heavy atom. The first-order valence-corrected chi connectivity index (χ1v) is 7.24. The summed E-state index contributed by atoms with van der Waals surface area (Å²) in [7, 11) is -2.30. The first-order valence-electron chi connectivity index (χ1n) is 5.80. The number of rotatable bonds is 7. The molecule has 0 saturated carbocycles. The van der Waals surface area contributed by atoms with Crippen LogP contribution >= 0.6 is 0 Å². The van der Waals surface area contributed by atoms with Gasteiger partial charge < -0.3 is 5.11 Å². The number of nitrogens with zero attached hydrogens (tertiary/aromatic N) is 1. The maximum absolute atomic E-state index is 11.8. The molecule has 2 N–H and O–H groups in total. The molecule has 19 heavy (non-hydrogen) atoms. The molecular weight excluding hydrogens is 268 g/mol. The topological polar surface area (TPSA) is 86.7 Å². The quantitative estimate of drug-likeness (QED) is 0.774. The Morgan fingerprint density at radius 2 is 2.00 bits per heavy atom. The summed E-state index contributed by atoms with van der Waals surface area (Å²) in [6.45, 7) is 2.03. The van der Waals surface area contributed by atoms with E-state index in [2.05, 4.69) is 4.72 Å². The minimum Gasteiger partial charge on any atom is -0.481 e. The Labute approximate surface area is 113 Å². The van der Waals surface area contributed by atoms with Crippen molar-refractivity contribution in [2.45, 2.75) is 19.9 Å².